The van der Waals surface area contributed by atoms with Crippen LogP contribution in [0.4, 0.5) is 4.39 Å². The second-order valence-electron chi connectivity index (χ2n) is 13.6. The minimum Gasteiger partial charge on any atom is -0.493 e. The summed E-state index contributed by atoms with van der Waals surface area (Å²) in [7, 11) is 2.09. The Morgan fingerprint density at radius 1 is 1.04 bits per heavy atom. The smallest absolute Gasteiger partial charge is 0.352 e. The topological polar surface area (TPSA) is 123 Å². The number of aromatic nitrogens is 5. The molecule has 1 aliphatic rings. The van der Waals surface area contributed by atoms with Crippen LogP contribution in [0, 0.1) is 19.7 Å². The number of hydrogen-bond acceptors (Lipinski definition) is 7. The summed E-state index contributed by atoms with van der Waals surface area (Å²) in [5.74, 6) is -0.376. The van der Waals surface area contributed by atoms with Gasteiger partial charge >= 0.3 is 5.97 Å². The number of fused-ring (bicyclic) bond motifs is 8. The van der Waals surface area contributed by atoms with Crippen LogP contribution in [0.3, 0.4) is 0 Å². The van der Waals surface area contributed by atoms with Gasteiger partial charge in [-0.2, -0.15) is 10.2 Å². The maximum absolute atomic E-state index is 14.4. The lowest BCUT2D eigenvalue weighted by molar-refractivity contribution is 0.0651. The number of carboxylic acid groups (broad SMARTS) is 1. The molecule has 8 bridgehead atoms. The highest BCUT2D eigenvalue weighted by molar-refractivity contribution is 7.83. The second kappa shape index (κ2) is 16.0. The van der Waals surface area contributed by atoms with Gasteiger partial charge in [0.05, 0.1) is 61.6 Å². The summed E-state index contributed by atoms with van der Waals surface area (Å²) in [6.07, 6.45) is 1.81. The second-order valence-corrected chi connectivity index (χ2v) is 15.5. The van der Waals surface area contributed by atoms with Gasteiger partial charge < -0.3 is 23.9 Å². The third kappa shape index (κ3) is 7.55. The van der Waals surface area contributed by atoms with E-state index in [4.69, 9.17) is 36.0 Å². The third-order valence-corrected chi connectivity index (χ3v) is 11.5. The number of aryl methyl sites for hydroxylation is 6. The number of halogens is 2. The first kappa shape index (κ1) is 37.7. The van der Waals surface area contributed by atoms with Crippen LogP contribution in [-0.2, 0) is 64.8 Å². The Labute approximate surface area is 320 Å². The van der Waals surface area contributed by atoms with E-state index in [-0.39, 0.29) is 23.0 Å². The molecular formula is C40H43ClFN5O6S. The summed E-state index contributed by atoms with van der Waals surface area (Å²) in [5, 5.41) is 22.8. The molecule has 0 amide bonds. The van der Waals surface area contributed by atoms with Crippen molar-refractivity contribution in [3.8, 4) is 16.9 Å². The Kier molecular flexibility index (Phi) is 11.2. The van der Waals surface area contributed by atoms with Gasteiger partial charge in [-0.25, -0.2) is 9.18 Å². The summed E-state index contributed by atoms with van der Waals surface area (Å²) >= 11 is 7.06. The molecule has 11 nitrogen and oxygen atoms in total. The number of hydrogen-bond donors (Lipinski definition) is 1. The maximum atomic E-state index is 14.4. The van der Waals surface area contributed by atoms with Crippen LogP contribution >= 0.6 is 11.6 Å². The van der Waals surface area contributed by atoms with E-state index in [1.807, 2.05) is 52.2 Å². The summed E-state index contributed by atoms with van der Waals surface area (Å²) < 4.78 is 51.2. The quantitative estimate of drug-likeness (QED) is 0.169. The van der Waals surface area contributed by atoms with Gasteiger partial charge in [0.15, 0.2) is 0 Å². The van der Waals surface area contributed by atoms with Crippen molar-refractivity contribution in [2.75, 3.05) is 33.5 Å². The minimum atomic E-state index is -1.41. The molecule has 3 aromatic heterocycles. The number of ether oxygens (including phenoxy) is 3. The third-order valence-electron chi connectivity index (χ3n) is 10.0. The molecule has 3 aromatic carbocycles. The van der Waals surface area contributed by atoms with Crippen LogP contribution in [0.15, 0.2) is 48.5 Å². The number of methoxy groups -OCH3 is 1. The molecule has 7 rings (SSSR count). The molecule has 0 spiro atoms. The van der Waals surface area contributed by atoms with Crippen molar-refractivity contribution in [1.82, 2.24) is 24.1 Å². The predicted molar refractivity (Wildman–Crippen MR) is 207 cm³/mol. The normalized spacial score (nSPS) is 15.3. The van der Waals surface area contributed by atoms with Crippen molar-refractivity contribution >= 4 is 50.0 Å². The largest absolute Gasteiger partial charge is 0.493 e. The molecule has 1 atom stereocenters. The molecule has 1 unspecified atom stereocenters. The molecule has 0 radical (unpaired) electrons. The van der Waals surface area contributed by atoms with E-state index in [1.54, 1.807) is 26.2 Å². The predicted octanol–water partition coefficient (Wildman–Crippen LogP) is 7.18. The summed E-state index contributed by atoms with van der Waals surface area (Å²) in [6.45, 7) is 5.99. The first-order valence-corrected chi connectivity index (χ1v) is 19.8. The number of carbonyl (C=O) groups is 1. The highest BCUT2D eigenvalue weighted by Crippen LogP contribution is 2.43. The van der Waals surface area contributed by atoms with Gasteiger partial charge in [0.1, 0.15) is 17.3 Å². The number of aromatic carboxylic acids is 1. The van der Waals surface area contributed by atoms with Crippen LogP contribution in [0.5, 0.6) is 5.75 Å². The molecule has 4 heterocycles. The zero-order valence-corrected chi connectivity index (χ0v) is 32.4. The van der Waals surface area contributed by atoms with Crippen molar-refractivity contribution in [2.45, 2.75) is 57.7 Å². The van der Waals surface area contributed by atoms with Gasteiger partial charge in [-0.05, 0) is 92.1 Å². The molecule has 0 fully saturated rings. The van der Waals surface area contributed by atoms with Gasteiger partial charge in [0.25, 0.3) is 0 Å². The fraction of sp³-hybridized carbons (Fsp3) is 0.375. The van der Waals surface area contributed by atoms with Crippen molar-refractivity contribution in [3.05, 3.63) is 99.0 Å². The highest BCUT2D eigenvalue weighted by Gasteiger charge is 2.28. The minimum absolute atomic E-state index is 0.159. The van der Waals surface area contributed by atoms with Crippen LogP contribution < -0.4 is 4.74 Å². The lowest BCUT2D eigenvalue weighted by Gasteiger charge is -2.14. The molecule has 6 aromatic rings. The first-order chi connectivity index (χ1) is 26.0. The molecule has 1 aliphatic heterocycles. The van der Waals surface area contributed by atoms with Crippen LogP contribution in [-0.4, -0.2) is 73.0 Å². The number of carboxylic acids is 1. The van der Waals surface area contributed by atoms with Crippen molar-refractivity contribution in [1.29, 1.82) is 0 Å². The fourth-order valence-electron chi connectivity index (χ4n) is 7.60. The molecule has 0 aliphatic carbocycles. The zero-order valence-electron chi connectivity index (χ0n) is 30.8. The fourth-order valence-corrected chi connectivity index (χ4v) is 9.02. The average Bonchev–Trinajstić information content (AvgIpc) is 3.73. The Morgan fingerprint density at radius 2 is 1.87 bits per heavy atom. The van der Waals surface area contributed by atoms with Crippen LogP contribution in [0.2, 0.25) is 5.02 Å². The van der Waals surface area contributed by atoms with Gasteiger partial charge in [-0.3, -0.25) is 13.6 Å². The summed E-state index contributed by atoms with van der Waals surface area (Å²) in [5.41, 5.74) is 6.88. The molecule has 54 heavy (non-hydrogen) atoms. The van der Waals surface area contributed by atoms with E-state index in [0.717, 1.165) is 33.3 Å². The number of benzene rings is 3. The monoisotopic (exact) mass is 775 g/mol. The van der Waals surface area contributed by atoms with Gasteiger partial charge in [0, 0.05) is 69.6 Å². The first-order valence-electron chi connectivity index (χ1n) is 17.9. The van der Waals surface area contributed by atoms with Crippen molar-refractivity contribution in [3.63, 3.8) is 0 Å². The lowest BCUT2D eigenvalue weighted by Crippen LogP contribution is -2.14. The van der Waals surface area contributed by atoms with E-state index in [0.29, 0.717) is 103 Å². The molecule has 1 N–H and O–H groups in total. The Balaban J connectivity index is 1.36. The summed E-state index contributed by atoms with van der Waals surface area (Å²) in [4.78, 5) is 12.9. The molecule has 284 valence electrons. The molecule has 14 heteroatoms. The van der Waals surface area contributed by atoms with E-state index < -0.39 is 16.8 Å². The molecule has 0 saturated carbocycles. The van der Waals surface area contributed by atoms with Gasteiger partial charge in [-0.15, -0.1) is 0 Å². The van der Waals surface area contributed by atoms with E-state index in [9.17, 15) is 18.5 Å². The number of nitrogens with zero attached hydrogens (tertiary/aromatic N) is 5. The zero-order chi connectivity index (χ0) is 38.1. The average molecular weight is 776 g/mol. The van der Waals surface area contributed by atoms with E-state index in [2.05, 4.69) is 0 Å². The Hall–Kier alpha value is -4.56. The van der Waals surface area contributed by atoms with E-state index >= 15 is 0 Å². The summed E-state index contributed by atoms with van der Waals surface area (Å²) in [6, 6.07) is 14.3. The number of rotatable bonds is 7. The van der Waals surface area contributed by atoms with Gasteiger partial charge in [0.2, 0.25) is 0 Å². The lowest BCUT2D eigenvalue weighted by atomic mass is 9.97. The van der Waals surface area contributed by atoms with Crippen molar-refractivity contribution in [2.24, 2.45) is 7.05 Å². The van der Waals surface area contributed by atoms with Crippen molar-refractivity contribution < 1.29 is 32.7 Å². The maximum Gasteiger partial charge on any atom is 0.352 e. The Bertz CT molecular complexity index is 2400. The van der Waals surface area contributed by atoms with E-state index in [1.165, 1.54) is 12.1 Å². The SMILES string of the molecule is COCCOCCn1nc(C)c2c1CS(=O)Cc1cc(n(C)n1)CCc1cc(c3ccc(F)cc3c1)OCCCn1c(C(=O)O)c(C)c3c-2c(Cl)ccc31. The van der Waals surface area contributed by atoms with Gasteiger partial charge in [-0.1, -0.05) is 17.7 Å². The highest BCUT2D eigenvalue weighted by atomic mass is 35.5. The standard InChI is InChI=1S/C40H43ClFN5O6S/c1-24-36-33-11-10-32(41)38(36)37-25(2)43-47(13-15-52-17-16-51-4)34(37)23-54(50)22-29-21-30(45(3)44-29)8-6-26-18-27-20-28(42)7-9-31(27)35(19-26)53-14-5-12-46(33)39(24)40(48)49/h7,9-11,18-21H,5-6,8,12-17,22-23H2,1-4H3,(H,48,49). The molecular weight excluding hydrogens is 733 g/mol. The molecule has 0 saturated heterocycles. The van der Waals surface area contributed by atoms with Crippen LogP contribution in [0.1, 0.15) is 50.8 Å². The van der Waals surface area contributed by atoms with Crippen LogP contribution in [0.25, 0.3) is 32.8 Å². The Morgan fingerprint density at radius 3 is 2.67 bits per heavy atom.